The summed E-state index contributed by atoms with van der Waals surface area (Å²) in [7, 11) is 2.00. The number of ether oxygens (including phenoxy) is 3. The molecule has 0 spiro atoms. The lowest BCUT2D eigenvalue weighted by Gasteiger charge is -2.20. The van der Waals surface area contributed by atoms with Crippen LogP contribution in [-0.4, -0.2) is 61.3 Å². The Balaban J connectivity index is 1.41. The Bertz CT molecular complexity index is 1260. The molecule has 8 nitrogen and oxygen atoms in total. The van der Waals surface area contributed by atoms with E-state index in [1.165, 1.54) is 12.1 Å². The van der Waals surface area contributed by atoms with Crippen LogP contribution in [-0.2, 0) is 27.3 Å². The first-order valence-corrected chi connectivity index (χ1v) is 13.6. The van der Waals surface area contributed by atoms with Gasteiger partial charge in [0.2, 0.25) is 6.29 Å². The number of benzene rings is 2. The van der Waals surface area contributed by atoms with Gasteiger partial charge in [-0.3, -0.25) is 9.88 Å². The Morgan fingerprint density at radius 1 is 1.12 bits per heavy atom. The molecular weight excluding hydrogens is 513 g/mol. The summed E-state index contributed by atoms with van der Waals surface area (Å²) in [6, 6.07) is 17.6. The number of hydrogen-bond acceptors (Lipinski definition) is 8. The van der Waals surface area contributed by atoms with Gasteiger partial charge in [0.25, 0.3) is 0 Å². The molecule has 1 aliphatic heterocycles. The van der Waals surface area contributed by atoms with E-state index in [2.05, 4.69) is 15.0 Å². The summed E-state index contributed by atoms with van der Waals surface area (Å²) in [5.74, 6) is 0.0813. The van der Waals surface area contributed by atoms with E-state index in [0.29, 0.717) is 49.7 Å². The molecule has 0 radical (unpaired) electrons. The van der Waals surface area contributed by atoms with E-state index in [9.17, 15) is 9.18 Å². The third-order valence-electron chi connectivity index (χ3n) is 6.36. The Morgan fingerprint density at radius 2 is 1.98 bits per heavy atom. The van der Waals surface area contributed by atoms with E-state index >= 15 is 0 Å². The summed E-state index contributed by atoms with van der Waals surface area (Å²) >= 11 is 0. The molecule has 0 saturated carbocycles. The number of esters is 1. The highest BCUT2D eigenvalue weighted by Gasteiger charge is 2.17. The van der Waals surface area contributed by atoms with Crippen LogP contribution in [0.4, 0.5) is 4.39 Å². The summed E-state index contributed by atoms with van der Waals surface area (Å²) in [6.07, 6.45) is 4.37. The molecular formula is C31H36FN3O5. The maximum atomic E-state index is 13.2. The number of oxime groups is 1. The monoisotopic (exact) mass is 549 g/mol. The van der Waals surface area contributed by atoms with Crippen molar-refractivity contribution in [3.05, 3.63) is 95.1 Å². The van der Waals surface area contributed by atoms with Crippen molar-refractivity contribution in [3.8, 4) is 5.75 Å². The zero-order chi connectivity index (χ0) is 28.2. The third-order valence-corrected chi connectivity index (χ3v) is 6.36. The van der Waals surface area contributed by atoms with Crippen LogP contribution in [0, 0.1) is 5.82 Å². The fourth-order valence-corrected chi connectivity index (χ4v) is 4.25. The van der Waals surface area contributed by atoms with Crippen molar-refractivity contribution in [1.82, 2.24) is 9.88 Å². The van der Waals surface area contributed by atoms with E-state index in [1.807, 2.05) is 31.3 Å². The van der Waals surface area contributed by atoms with Crippen molar-refractivity contribution in [1.29, 1.82) is 0 Å². The molecule has 1 atom stereocenters. The Kier molecular flexibility index (Phi) is 11.0. The molecule has 1 aromatic heterocycles. The number of aromatic nitrogens is 1. The van der Waals surface area contributed by atoms with Gasteiger partial charge in [-0.1, -0.05) is 29.4 Å². The van der Waals surface area contributed by atoms with E-state index in [1.54, 1.807) is 37.4 Å². The van der Waals surface area contributed by atoms with E-state index < -0.39 is 12.3 Å². The van der Waals surface area contributed by atoms with Gasteiger partial charge < -0.3 is 19.0 Å². The second kappa shape index (κ2) is 15.1. The minimum atomic E-state index is -0.415. The SMILES string of the molecule is CCOC(=O)c1ccnc(/C(Cc2cccc(OCCN(C)Cc3ccc(F)cc3)c2)=N/OC2CCCCO2)c1. The van der Waals surface area contributed by atoms with Crippen LogP contribution in [0.2, 0.25) is 0 Å². The molecule has 40 heavy (non-hydrogen) atoms. The van der Waals surface area contributed by atoms with Gasteiger partial charge in [-0.15, -0.1) is 0 Å². The molecule has 0 bridgehead atoms. The van der Waals surface area contributed by atoms with E-state index in [-0.39, 0.29) is 12.4 Å². The Morgan fingerprint density at radius 3 is 2.75 bits per heavy atom. The highest BCUT2D eigenvalue weighted by Crippen LogP contribution is 2.19. The van der Waals surface area contributed by atoms with Gasteiger partial charge in [0.15, 0.2) is 0 Å². The maximum absolute atomic E-state index is 13.2. The Hall–Kier alpha value is -3.82. The van der Waals surface area contributed by atoms with Crippen LogP contribution < -0.4 is 4.74 Å². The number of carbonyl (C=O) groups is 1. The summed E-state index contributed by atoms with van der Waals surface area (Å²) in [4.78, 5) is 24.6. The summed E-state index contributed by atoms with van der Waals surface area (Å²) in [6.45, 7) is 4.59. The van der Waals surface area contributed by atoms with Gasteiger partial charge >= 0.3 is 5.97 Å². The van der Waals surface area contributed by atoms with Crippen molar-refractivity contribution in [2.24, 2.45) is 5.16 Å². The van der Waals surface area contributed by atoms with Gasteiger partial charge in [0.05, 0.1) is 24.5 Å². The molecule has 1 unspecified atom stereocenters. The normalized spacial score (nSPS) is 15.6. The summed E-state index contributed by atoms with van der Waals surface area (Å²) < 4.78 is 30.0. The fraction of sp³-hybridized carbons (Fsp3) is 0.387. The molecule has 2 aromatic carbocycles. The molecule has 3 aromatic rings. The first-order chi connectivity index (χ1) is 19.5. The maximum Gasteiger partial charge on any atom is 0.338 e. The molecule has 4 rings (SSSR count). The van der Waals surface area contributed by atoms with Crippen LogP contribution in [0.3, 0.4) is 0 Å². The molecule has 1 aliphatic rings. The van der Waals surface area contributed by atoms with Crippen molar-refractivity contribution in [3.63, 3.8) is 0 Å². The van der Waals surface area contributed by atoms with Crippen LogP contribution in [0.15, 0.2) is 72.0 Å². The molecule has 1 saturated heterocycles. The third kappa shape index (κ3) is 9.14. The molecule has 9 heteroatoms. The van der Waals surface area contributed by atoms with Gasteiger partial charge in [0, 0.05) is 32.1 Å². The highest BCUT2D eigenvalue weighted by atomic mass is 19.1. The first-order valence-electron chi connectivity index (χ1n) is 13.6. The molecule has 0 N–H and O–H groups in total. The van der Waals surface area contributed by atoms with Crippen LogP contribution >= 0.6 is 0 Å². The second-order valence-electron chi connectivity index (χ2n) is 9.63. The van der Waals surface area contributed by atoms with Crippen LogP contribution in [0.5, 0.6) is 5.75 Å². The topological polar surface area (TPSA) is 82.5 Å². The molecule has 2 heterocycles. The Labute approximate surface area is 234 Å². The van der Waals surface area contributed by atoms with Gasteiger partial charge in [-0.25, -0.2) is 9.18 Å². The molecule has 0 amide bonds. The quantitative estimate of drug-likeness (QED) is 0.160. The van der Waals surface area contributed by atoms with Crippen molar-refractivity contribution < 1.29 is 28.2 Å². The lowest BCUT2D eigenvalue weighted by atomic mass is 10.0. The second-order valence-corrected chi connectivity index (χ2v) is 9.63. The predicted octanol–water partition coefficient (Wildman–Crippen LogP) is 5.40. The number of nitrogens with zero attached hydrogens (tertiary/aromatic N) is 3. The van der Waals surface area contributed by atoms with Gasteiger partial charge in [-0.05, 0) is 74.3 Å². The van der Waals surface area contributed by atoms with Crippen molar-refractivity contribution in [2.75, 3.05) is 33.4 Å². The van der Waals surface area contributed by atoms with Crippen LogP contribution in [0.1, 0.15) is 53.4 Å². The number of hydrogen-bond donors (Lipinski definition) is 0. The first kappa shape index (κ1) is 29.2. The minimum absolute atomic E-state index is 0.237. The number of carbonyl (C=O) groups excluding carboxylic acids is 1. The fourth-order valence-electron chi connectivity index (χ4n) is 4.25. The van der Waals surface area contributed by atoms with Crippen molar-refractivity contribution in [2.45, 2.75) is 45.4 Å². The zero-order valence-corrected chi connectivity index (χ0v) is 23.1. The largest absolute Gasteiger partial charge is 0.492 e. The number of likely N-dealkylation sites (N-methyl/N-ethyl adjacent to an activating group) is 1. The van der Waals surface area contributed by atoms with Crippen molar-refractivity contribution >= 4 is 11.7 Å². The average Bonchev–Trinajstić information content (AvgIpc) is 2.97. The standard InChI is InChI=1S/C31H36FN3O5/c1-3-37-31(36)25-14-15-33-28(21-25)29(34-40-30-9-4-5-17-39-30)20-24-7-6-8-27(19-24)38-18-16-35(2)22-23-10-12-26(32)13-11-23/h6-8,10-15,19,21,30H,3-5,9,16-18,20,22H2,1-2H3/b34-29+. The number of halogens is 1. The molecule has 1 fully saturated rings. The lowest BCUT2D eigenvalue weighted by Crippen LogP contribution is -2.23. The molecule has 0 aliphatic carbocycles. The van der Waals surface area contributed by atoms with Gasteiger partial charge in [0.1, 0.15) is 23.9 Å². The molecule has 212 valence electrons. The predicted molar refractivity (Wildman–Crippen MR) is 150 cm³/mol. The smallest absolute Gasteiger partial charge is 0.338 e. The number of rotatable bonds is 13. The zero-order valence-electron chi connectivity index (χ0n) is 23.1. The highest BCUT2D eigenvalue weighted by molar-refractivity contribution is 6.01. The summed E-state index contributed by atoms with van der Waals surface area (Å²) in [5, 5.41) is 4.43. The lowest BCUT2D eigenvalue weighted by molar-refractivity contribution is -0.162. The minimum Gasteiger partial charge on any atom is -0.492 e. The van der Waals surface area contributed by atoms with Crippen LogP contribution in [0.25, 0.3) is 0 Å². The number of pyridine rings is 1. The van der Waals surface area contributed by atoms with Gasteiger partial charge in [-0.2, -0.15) is 0 Å². The average molecular weight is 550 g/mol. The van der Waals surface area contributed by atoms with E-state index in [0.717, 1.165) is 36.1 Å². The summed E-state index contributed by atoms with van der Waals surface area (Å²) in [5.41, 5.74) is 3.48. The van der Waals surface area contributed by atoms with E-state index in [4.69, 9.17) is 19.0 Å².